The summed E-state index contributed by atoms with van der Waals surface area (Å²) in [7, 11) is 0. The molecule has 0 radical (unpaired) electrons. The van der Waals surface area contributed by atoms with Crippen molar-refractivity contribution in [1.82, 2.24) is 4.57 Å². The summed E-state index contributed by atoms with van der Waals surface area (Å²) in [6.45, 7) is 6.75. The van der Waals surface area contributed by atoms with Crippen molar-refractivity contribution in [2.45, 2.75) is 40.2 Å². The van der Waals surface area contributed by atoms with Crippen LogP contribution in [0.5, 0.6) is 5.75 Å². The Kier molecular flexibility index (Phi) is 7.15. The number of aromatic nitrogens is 1. The maximum atomic E-state index is 12.8. The summed E-state index contributed by atoms with van der Waals surface area (Å²) >= 11 is 9.34. The zero-order valence-electron chi connectivity index (χ0n) is 17.1. The minimum atomic E-state index is -0.445. The summed E-state index contributed by atoms with van der Waals surface area (Å²) in [5, 5.41) is 20.4. The number of carbonyl (C=O) groups is 1. The molecule has 2 aromatic carbocycles. The highest BCUT2D eigenvalue weighted by atomic mass is 79.9. The van der Waals surface area contributed by atoms with E-state index < -0.39 is 5.97 Å². The third-order valence-corrected chi connectivity index (χ3v) is 5.68. The van der Waals surface area contributed by atoms with Gasteiger partial charge in [-0.25, -0.2) is 4.79 Å². The highest BCUT2D eigenvalue weighted by Gasteiger charge is 2.26. The van der Waals surface area contributed by atoms with Crippen LogP contribution in [-0.4, -0.2) is 22.2 Å². The monoisotopic (exact) mass is 491 g/mol. The zero-order valence-corrected chi connectivity index (χ0v) is 19.4. The predicted octanol–water partition coefficient (Wildman–Crippen LogP) is 7.46. The lowest BCUT2D eigenvalue weighted by Crippen LogP contribution is -2.07. The van der Waals surface area contributed by atoms with Crippen LogP contribution >= 0.6 is 27.5 Å². The molecule has 3 aromatic rings. The van der Waals surface area contributed by atoms with Crippen molar-refractivity contribution in [3.63, 3.8) is 0 Å². The molecule has 8 heteroatoms. The van der Waals surface area contributed by atoms with Gasteiger partial charge in [-0.1, -0.05) is 24.9 Å². The molecule has 1 N–H and O–H groups in total. The Morgan fingerprint density at radius 3 is 2.57 bits per heavy atom. The second kappa shape index (κ2) is 9.62. The number of rotatable bonds is 7. The number of benzene rings is 2. The van der Waals surface area contributed by atoms with Gasteiger partial charge in [0.1, 0.15) is 5.69 Å². The number of hydrogen-bond acceptors (Lipinski definition) is 5. The molecule has 0 unspecified atom stereocenters. The molecule has 0 spiro atoms. The van der Waals surface area contributed by atoms with Crippen LogP contribution in [0.3, 0.4) is 0 Å². The van der Waals surface area contributed by atoms with E-state index in [-0.39, 0.29) is 18.0 Å². The molecule has 6 nitrogen and oxygen atoms in total. The molecule has 30 heavy (non-hydrogen) atoms. The van der Waals surface area contributed by atoms with Crippen molar-refractivity contribution < 1.29 is 14.6 Å². The molecular weight excluding hydrogens is 470 g/mol. The lowest BCUT2D eigenvalue weighted by molar-refractivity contribution is 0.0527. The molecule has 0 saturated carbocycles. The van der Waals surface area contributed by atoms with Crippen LogP contribution in [0, 0.1) is 6.92 Å². The number of azo groups is 1. The zero-order chi connectivity index (χ0) is 21.8. The Bertz CT molecular complexity index is 1110. The van der Waals surface area contributed by atoms with E-state index in [2.05, 4.69) is 37.6 Å². The van der Waals surface area contributed by atoms with Gasteiger partial charge < -0.3 is 14.4 Å². The molecule has 0 aliphatic rings. The van der Waals surface area contributed by atoms with Crippen molar-refractivity contribution in [2.24, 2.45) is 10.2 Å². The number of ether oxygens (including phenoxy) is 1. The Morgan fingerprint density at radius 1 is 1.23 bits per heavy atom. The maximum absolute atomic E-state index is 12.8. The van der Waals surface area contributed by atoms with Gasteiger partial charge in [0.25, 0.3) is 0 Å². The molecule has 0 amide bonds. The first kappa shape index (κ1) is 22.3. The van der Waals surface area contributed by atoms with Gasteiger partial charge in [-0.15, -0.1) is 5.11 Å². The third kappa shape index (κ3) is 4.37. The molecule has 0 bridgehead atoms. The maximum Gasteiger partial charge on any atom is 0.340 e. The quantitative estimate of drug-likeness (QED) is 0.274. The highest BCUT2D eigenvalue weighted by Crippen LogP contribution is 2.45. The first-order valence-electron chi connectivity index (χ1n) is 9.77. The normalized spacial score (nSPS) is 11.5. The van der Waals surface area contributed by atoms with E-state index in [4.69, 9.17) is 16.3 Å². The van der Waals surface area contributed by atoms with E-state index in [1.54, 1.807) is 37.3 Å². The number of phenolic OH excluding ortho intramolecular Hbond substituents is 1. The average molecular weight is 493 g/mol. The standard InChI is InChI=1S/C22H23BrClN3O3/c1-4-6-11-27-13(3)18(22(29)30-5-2)19-17(27)12-16(23)21(28)20(19)26-25-15-9-7-14(24)8-10-15/h7-10,12,28H,4-6,11H2,1-3H3. The minimum absolute atomic E-state index is 0.0848. The number of fused-ring (bicyclic) bond motifs is 1. The molecule has 1 heterocycles. The van der Waals surface area contributed by atoms with Gasteiger partial charge >= 0.3 is 5.97 Å². The summed E-state index contributed by atoms with van der Waals surface area (Å²) in [5.74, 6) is -0.529. The Hall–Kier alpha value is -2.38. The minimum Gasteiger partial charge on any atom is -0.504 e. The van der Waals surface area contributed by atoms with E-state index in [0.717, 1.165) is 30.6 Å². The second-order valence-electron chi connectivity index (χ2n) is 6.81. The van der Waals surface area contributed by atoms with E-state index in [1.165, 1.54) is 0 Å². The molecule has 3 rings (SSSR count). The van der Waals surface area contributed by atoms with Gasteiger partial charge in [0.2, 0.25) is 0 Å². The second-order valence-corrected chi connectivity index (χ2v) is 8.10. The molecule has 158 valence electrons. The third-order valence-electron chi connectivity index (χ3n) is 4.82. The van der Waals surface area contributed by atoms with Crippen LogP contribution in [-0.2, 0) is 11.3 Å². The van der Waals surface area contributed by atoms with Crippen molar-refractivity contribution >= 4 is 55.8 Å². The predicted molar refractivity (Wildman–Crippen MR) is 123 cm³/mol. The van der Waals surface area contributed by atoms with Crippen LogP contribution in [0.1, 0.15) is 42.7 Å². The van der Waals surface area contributed by atoms with Crippen LogP contribution in [0.4, 0.5) is 11.4 Å². The van der Waals surface area contributed by atoms with Crippen molar-refractivity contribution in [1.29, 1.82) is 0 Å². The van der Waals surface area contributed by atoms with E-state index in [1.807, 2.05) is 6.92 Å². The number of phenols is 1. The number of aromatic hydroxyl groups is 1. The molecule has 0 fully saturated rings. The smallest absolute Gasteiger partial charge is 0.340 e. The van der Waals surface area contributed by atoms with Gasteiger partial charge in [0.05, 0.1) is 27.8 Å². The average Bonchev–Trinajstić information content (AvgIpc) is 2.99. The number of aryl methyl sites for hydroxylation is 1. The Morgan fingerprint density at radius 2 is 1.93 bits per heavy atom. The van der Waals surface area contributed by atoms with Crippen LogP contribution in [0.2, 0.25) is 5.02 Å². The van der Waals surface area contributed by atoms with Gasteiger partial charge in [0.15, 0.2) is 5.75 Å². The van der Waals surface area contributed by atoms with E-state index in [9.17, 15) is 9.90 Å². The molecule has 0 aliphatic heterocycles. The van der Waals surface area contributed by atoms with Crippen LogP contribution < -0.4 is 0 Å². The van der Waals surface area contributed by atoms with Crippen molar-refractivity contribution in [3.8, 4) is 5.75 Å². The number of halogens is 2. The summed E-state index contributed by atoms with van der Waals surface area (Å²) in [4.78, 5) is 12.8. The number of nitrogens with zero attached hydrogens (tertiary/aromatic N) is 3. The summed E-state index contributed by atoms with van der Waals surface area (Å²) in [6.07, 6.45) is 1.96. The van der Waals surface area contributed by atoms with Gasteiger partial charge in [-0.05, 0) is 66.5 Å². The van der Waals surface area contributed by atoms with Gasteiger partial charge in [0, 0.05) is 22.6 Å². The van der Waals surface area contributed by atoms with Crippen LogP contribution in [0.25, 0.3) is 10.9 Å². The number of hydrogen-bond donors (Lipinski definition) is 1. The molecule has 0 saturated heterocycles. The fourth-order valence-corrected chi connectivity index (χ4v) is 3.87. The largest absolute Gasteiger partial charge is 0.504 e. The Balaban J connectivity index is 2.27. The van der Waals surface area contributed by atoms with Crippen LogP contribution in [0.15, 0.2) is 45.0 Å². The number of carbonyl (C=O) groups excluding carboxylic acids is 1. The molecule has 1 aromatic heterocycles. The molecule has 0 aliphatic carbocycles. The SMILES string of the molecule is CCCCn1c(C)c(C(=O)OCC)c2c(N=Nc3ccc(Cl)cc3)c(O)c(Br)cc21. The van der Waals surface area contributed by atoms with Crippen molar-refractivity contribution in [3.05, 3.63) is 51.1 Å². The van der Waals surface area contributed by atoms with Gasteiger partial charge in [-0.3, -0.25) is 0 Å². The lowest BCUT2D eigenvalue weighted by atomic mass is 10.1. The fourth-order valence-electron chi connectivity index (χ4n) is 3.34. The van der Waals surface area contributed by atoms with E-state index >= 15 is 0 Å². The highest BCUT2D eigenvalue weighted by molar-refractivity contribution is 9.10. The number of unbranched alkanes of at least 4 members (excludes halogenated alkanes) is 1. The lowest BCUT2D eigenvalue weighted by Gasteiger charge is -2.09. The number of esters is 1. The Labute approximate surface area is 188 Å². The first-order valence-corrected chi connectivity index (χ1v) is 10.9. The van der Waals surface area contributed by atoms with E-state index in [0.29, 0.717) is 26.1 Å². The first-order chi connectivity index (χ1) is 14.4. The fraction of sp³-hybridized carbons (Fsp3) is 0.318. The molecule has 0 atom stereocenters. The summed E-state index contributed by atoms with van der Waals surface area (Å²) in [5.41, 5.74) is 2.76. The molecular formula is C22H23BrClN3O3. The van der Waals surface area contributed by atoms with Crippen molar-refractivity contribution in [2.75, 3.05) is 6.61 Å². The van der Waals surface area contributed by atoms with Gasteiger partial charge in [-0.2, -0.15) is 5.11 Å². The summed E-state index contributed by atoms with van der Waals surface area (Å²) in [6, 6.07) is 8.67. The summed E-state index contributed by atoms with van der Waals surface area (Å²) < 4.78 is 7.85. The topological polar surface area (TPSA) is 76.2 Å².